The van der Waals surface area contributed by atoms with Crippen LogP contribution in [0.15, 0.2) is 59.5 Å². The second-order valence-electron chi connectivity index (χ2n) is 8.25. The van der Waals surface area contributed by atoms with E-state index < -0.39 is 34.8 Å². The monoisotopic (exact) mass is 498 g/mol. The van der Waals surface area contributed by atoms with E-state index in [9.17, 15) is 27.6 Å². The van der Waals surface area contributed by atoms with Gasteiger partial charge < -0.3 is 0 Å². The lowest BCUT2D eigenvalue weighted by Crippen LogP contribution is -2.43. The number of amides is 2. The van der Waals surface area contributed by atoms with Gasteiger partial charge in [0.2, 0.25) is 0 Å². The van der Waals surface area contributed by atoms with Gasteiger partial charge in [-0.15, -0.1) is 0 Å². The standard InChI is InChI=1S/C24H21F3N6O3/c1-13(2)32-23(36)16-10-6-5-9-15(16)19(31-32)22(35)30-29-21(34)17-12-28-33(20(17)24(25,26)27)18-11-7-4-8-14(18)3/h4-13H,1-3H3,(H,29,34)(H,30,35). The van der Waals surface area contributed by atoms with Crippen molar-refractivity contribution in [2.24, 2.45) is 0 Å². The molecule has 0 saturated heterocycles. The van der Waals surface area contributed by atoms with Crippen LogP contribution in [0.5, 0.6) is 0 Å². The zero-order valence-corrected chi connectivity index (χ0v) is 19.4. The van der Waals surface area contributed by atoms with Gasteiger partial charge in [-0.1, -0.05) is 36.4 Å². The van der Waals surface area contributed by atoms with Gasteiger partial charge in [-0.05, 0) is 38.5 Å². The Morgan fingerprint density at radius 3 is 2.19 bits per heavy atom. The third kappa shape index (κ3) is 4.44. The molecular weight excluding hydrogens is 477 g/mol. The largest absolute Gasteiger partial charge is 0.434 e. The normalized spacial score (nSPS) is 11.6. The van der Waals surface area contributed by atoms with Gasteiger partial charge in [0, 0.05) is 5.39 Å². The Hall–Kier alpha value is -4.48. The number of aryl methyl sites for hydroxylation is 1. The Kier molecular flexibility index (Phi) is 6.35. The first-order valence-electron chi connectivity index (χ1n) is 10.8. The zero-order valence-electron chi connectivity index (χ0n) is 19.4. The van der Waals surface area contributed by atoms with Crippen molar-refractivity contribution in [3.8, 4) is 5.69 Å². The molecule has 0 aliphatic heterocycles. The summed E-state index contributed by atoms with van der Waals surface area (Å²) >= 11 is 0. The molecule has 9 nitrogen and oxygen atoms in total. The van der Waals surface area contributed by atoms with Crippen LogP contribution >= 0.6 is 0 Å². The molecule has 36 heavy (non-hydrogen) atoms. The fourth-order valence-corrected chi connectivity index (χ4v) is 3.74. The van der Waals surface area contributed by atoms with Crippen molar-refractivity contribution in [2.75, 3.05) is 0 Å². The van der Waals surface area contributed by atoms with Crippen molar-refractivity contribution in [3.63, 3.8) is 0 Å². The van der Waals surface area contributed by atoms with E-state index in [1.165, 1.54) is 18.2 Å². The second-order valence-corrected chi connectivity index (χ2v) is 8.25. The summed E-state index contributed by atoms with van der Waals surface area (Å²) in [6, 6.07) is 12.2. The molecule has 2 aromatic carbocycles. The molecular formula is C24H21F3N6O3. The summed E-state index contributed by atoms with van der Waals surface area (Å²) in [7, 11) is 0. The van der Waals surface area contributed by atoms with Gasteiger partial charge in [-0.3, -0.25) is 25.2 Å². The number of hydrogen-bond donors (Lipinski definition) is 2. The molecule has 4 aromatic rings. The molecule has 0 atom stereocenters. The van der Waals surface area contributed by atoms with Gasteiger partial charge >= 0.3 is 6.18 Å². The highest BCUT2D eigenvalue weighted by Crippen LogP contribution is 2.34. The van der Waals surface area contributed by atoms with Crippen molar-refractivity contribution in [1.82, 2.24) is 30.4 Å². The van der Waals surface area contributed by atoms with Crippen LogP contribution in [0.1, 0.15) is 52.0 Å². The molecule has 0 spiro atoms. The number of carbonyl (C=O) groups is 2. The predicted molar refractivity (Wildman–Crippen MR) is 125 cm³/mol. The van der Waals surface area contributed by atoms with Crippen LogP contribution in [-0.4, -0.2) is 31.4 Å². The third-order valence-corrected chi connectivity index (χ3v) is 5.45. The highest BCUT2D eigenvalue weighted by atomic mass is 19.4. The Labute approximate surface area is 202 Å². The maximum absolute atomic E-state index is 13.9. The Bertz CT molecular complexity index is 1540. The molecule has 2 N–H and O–H groups in total. The van der Waals surface area contributed by atoms with E-state index >= 15 is 0 Å². The zero-order chi connectivity index (χ0) is 26.2. The predicted octanol–water partition coefficient (Wildman–Crippen LogP) is 3.57. The lowest BCUT2D eigenvalue weighted by atomic mass is 10.1. The van der Waals surface area contributed by atoms with Crippen LogP contribution in [-0.2, 0) is 6.18 Å². The molecule has 2 heterocycles. The summed E-state index contributed by atoms with van der Waals surface area (Å²) in [4.78, 5) is 38.3. The number of benzene rings is 2. The smallest absolute Gasteiger partial charge is 0.267 e. The first kappa shape index (κ1) is 24.6. The first-order chi connectivity index (χ1) is 17.0. The molecule has 0 unspecified atom stereocenters. The average molecular weight is 498 g/mol. The van der Waals surface area contributed by atoms with Gasteiger partial charge in [0.15, 0.2) is 11.4 Å². The van der Waals surface area contributed by atoms with Crippen molar-refractivity contribution in [3.05, 3.63) is 87.6 Å². The minimum Gasteiger partial charge on any atom is -0.267 e. The summed E-state index contributed by atoms with van der Waals surface area (Å²) in [5.74, 6) is -2.13. The van der Waals surface area contributed by atoms with Gasteiger partial charge in [-0.2, -0.15) is 23.4 Å². The first-order valence-corrected chi connectivity index (χ1v) is 10.8. The van der Waals surface area contributed by atoms with E-state index in [2.05, 4.69) is 15.6 Å². The Morgan fingerprint density at radius 1 is 0.944 bits per heavy atom. The quantitative estimate of drug-likeness (QED) is 0.418. The van der Waals surface area contributed by atoms with Crippen LogP contribution < -0.4 is 16.4 Å². The molecule has 186 valence electrons. The summed E-state index contributed by atoms with van der Waals surface area (Å²) in [5, 5.41) is 8.34. The van der Waals surface area contributed by atoms with E-state index in [1.807, 2.05) is 5.43 Å². The van der Waals surface area contributed by atoms with Gasteiger partial charge in [0.1, 0.15) is 0 Å². The molecule has 2 amide bonds. The number of rotatable bonds is 4. The fourth-order valence-electron chi connectivity index (χ4n) is 3.74. The summed E-state index contributed by atoms with van der Waals surface area (Å²) < 4.78 is 43.6. The number of halogens is 3. The molecule has 0 fully saturated rings. The number of carbonyl (C=O) groups excluding carboxylic acids is 2. The number of fused-ring (bicyclic) bond motifs is 1. The average Bonchev–Trinajstić information content (AvgIpc) is 3.28. The third-order valence-electron chi connectivity index (χ3n) is 5.45. The molecule has 0 aliphatic rings. The number of alkyl halides is 3. The SMILES string of the molecule is Cc1ccccc1-n1ncc(C(=O)NNC(=O)c2nn(C(C)C)c(=O)c3ccccc23)c1C(F)(F)F. The van der Waals surface area contributed by atoms with E-state index in [1.54, 1.807) is 51.1 Å². The topological polar surface area (TPSA) is 111 Å². The minimum atomic E-state index is -4.92. The number of hydrogen-bond acceptors (Lipinski definition) is 5. The summed E-state index contributed by atoms with van der Waals surface area (Å²) in [6.45, 7) is 5.03. The van der Waals surface area contributed by atoms with Crippen molar-refractivity contribution < 1.29 is 22.8 Å². The van der Waals surface area contributed by atoms with Crippen LogP contribution in [0.4, 0.5) is 13.2 Å². The Morgan fingerprint density at radius 2 is 1.56 bits per heavy atom. The van der Waals surface area contributed by atoms with Gasteiger partial charge in [-0.25, -0.2) is 9.36 Å². The minimum absolute atomic E-state index is 0.152. The van der Waals surface area contributed by atoms with Crippen LogP contribution in [0.2, 0.25) is 0 Å². The van der Waals surface area contributed by atoms with Crippen molar-refractivity contribution >= 4 is 22.6 Å². The van der Waals surface area contributed by atoms with Gasteiger partial charge in [0.05, 0.1) is 28.9 Å². The van der Waals surface area contributed by atoms with Crippen molar-refractivity contribution in [1.29, 1.82) is 0 Å². The number of aromatic nitrogens is 4. The second kappa shape index (κ2) is 9.29. The van der Waals surface area contributed by atoms with Crippen LogP contribution in [0, 0.1) is 6.92 Å². The van der Waals surface area contributed by atoms with E-state index in [-0.39, 0.29) is 28.2 Å². The lowest BCUT2D eigenvalue weighted by molar-refractivity contribution is -0.143. The molecule has 0 aliphatic carbocycles. The molecule has 2 aromatic heterocycles. The molecule has 4 rings (SSSR count). The highest BCUT2D eigenvalue weighted by molar-refractivity contribution is 6.06. The number of nitrogens with one attached hydrogen (secondary N) is 2. The number of hydrazine groups is 1. The fraction of sp³-hybridized carbons (Fsp3) is 0.208. The van der Waals surface area contributed by atoms with E-state index in [0.29, 0.717) is 10.2 Å². The maximum Gasteiger partial charge on any atom is 0.434 e. The molecule has 12 heteroatoms. The number of para-hydroxylation sites is 1. The molecule has 0 saturated carbocycles. The Balaban J connectivity index is 1.66. The molecule has 0 bridgehead atoms. The number of nitrogens with zero attached hydrogens (tertiary/aromatic N) is 4. The van der Waals surface area contributed by atoms with Gasteiger partial charge in [0.25, 0.3) is 17.4 Å². The van der Waals surface area contributed by atoms with E-state index in [0.717, 1.165) is 10.9 Å². The van der Waals surface area contributed by atoms with E-state index in [4.69, 9.17) is 0 Å². The van der Waals surface area contributed by atoms with Crippen LogP contribution in [0.25, 0.3) is 16.5 Å². The van der Waals surface area contributed by atoms with Crippen LogP contribution in [0.3, 0.4) is 0 Å². The molecule has 0 radical (unpaired) electrons. The maximum atomic E-state index is 13.9. The summed E-state index contributed by atoms with van der Waals surface area (Å²) in [6.07, 6.45) is -4.14. The van der Waals surface area contributed by atoms with Crippen molar-refractivity contribution in [2.45, 2.75) is 33.0 Å². The summed E-state index contributed by atoms with van der Waals surface area (Å²) in [5.41, 5.74) is 2.11. The lowest BCUT2D eigenvalue weighted by Gasteiger charge is -2.15. The highest BCUT2D eigenvalue weighted by Gasteiger charge is 2.41.